The molecule has 0 saturated carbocycles. The molecule has 33 heavy (non-hydrogen) atoms. The molecular weight excluding hydrogens is 487 g/mol. The topological polar surface area (TPSA) is 153 Å². The first-order chi connectivity index (χ1) is 15.0. The van der Waals surface area contributed by atoms with E-state index in [0.717, 1.165) is 44.6 Å². The first-order valence-corrected chi connectivity index (χ1v) is 11.5. The molecule has 0 N–H and O–H groups in total. The summed E-state index contributed by atoms with van der Waals surface area (Å²) in [6.45, 7) is 0. The summed E-state index contributed by atoms with van der Waals surface area (Å²) in [6.07, 6.45) is 0. The van der Waals surface area contributed by atoms with Crippen LogP contribution < -0.4 is 33.7 Å². The van der Waals surface area contributed by atoms with Crippen LogP contribution in [0.2, 0.25) is 0 Å². The number of ether oxygens (including phenoxy) is 2. The molecular formula is C20H15NaO10S2. The molecule has 0 saturated heterocycles. The van der Waals surface area contributed by atoms with E-state index in [-0.39, 0.29) is 51.8 Å². The number of esters is 2. The summed E-state index contributed by atoms with van der Waals surface area (Å²) in [5.74, 6) is -2.07. The Labute approximate surface area is 211 Å². The Balaban J connectivity index is 0.00000385. The fourth-order valence-corrected chi connectivity index (χ4v) is 4.35. The van der Waals surface area contributed by atoms with Crippen molar-refractivity contribution in [1.29, 1.82) is 0 Å². The van der Waals surface area contributed by atoms with Crippen molar-refractivity contribution in [3.8, 4) is 5.75 Å². The van der Waals surface area contributed by atoms with Crippen LogP contribution >= 0.6 is 0 Å². The van der Waals surface area contributed by atoms with Gasteiger partial charge in [0.15, 0.2) is 5.75 Å². The summed E-state index contributed by atoms with van der Waals surface area (Å²) in [5, 5.41) is 0.453. The molecule has 10 nitrogen and oxygen atoms in total. The molecule has 0 aliphatic carbocycles. The molecule has 0 aliphatic rings. The zero-order valence-corrected chi connectivity index (χ0v) is 21.2. The van der Waals surface area contributed by atoms with Crippen LogP contribution in [0, 0.1) is 0 Å². The zero-order valence-electron chi connectivity index (χ0n) is 17.6. The van der Waals surface area contributed by atoms with Gasteiger partial charge < -0.3 is 18.2 Å². The van der Waals surface area contributed by atoms with Crippen molar-refractivity contribution in [2.24, 2.45) is 0 Å². The van der Waals surface area contributed by atoms with Crippen molar-refractivity contribution in [3.63, 3.8) is 0 Å². The van der Waals surface area contributed by atoms with Gasteiger partial charge in [-0.3, -0.25) is 0 Å². The van der Waals surface area contributed by atoms with Crippen LogP contribution in [0.15, 0.2) is 64.4 Å². The number of carbonyl (C=O) groups excluding carboxylic acids is 2. The maximum atomic E-state index is 12.9. The molecule has 3 rings (SSSR count). The monoisotopic (exact) mass is 502 g/mol. The summed E-state index contributed by atoms with van der Waals surface area (Å²) in [5.41, 5.74) is -0.481. The van der Waals surface area contributed by atoms with Crippen molar-refractivity contribution in [3.05, 3.63) is 65.7 Å². The number of hydrogen-bond acceptors (Lipinski definition) is 10. The van der Waals surface area contributed by atoms with Crippen LogP contribution in [-0.4, -0.2) is 47.5 Å². The van der Waals surface area contributed by atoms with E-state index in [1.165, 1.54) is 18.2 Å². The van der Waals surface area contributed by atoms with Gasteiger partial charge in [0.1, 0.15) is 15.0 Å². The summed E-state index contributed by atoms with van der Waals surface area (Å²) >= 11 is 0. The smallest absolute Gasteiger partial charge is 0.744 e. The predicted molar refractivity (Wildman–Crippen MR) is 109 cm³/mol. The van der Waals surface area contributed by atoms with E-state index in [0.29, 0.717) is 5.39 Å². The molecule has 0 bridgehead atoms. The van der Waals surface area contributed by atoms with Crippen molar-refractivity contribution < 1.29 is 74.2 Å². The molecule has 0 aliphatic heterocycles. The van der Waals surface area contributed by atoms with Crippen LogP contribution in [-0.2, 0) is 29.7 Å². The summed E-state index contributed by atoms with van der Waals surface area (Å²) < 4.78 is 74.3. The van der Waals surface area contributed by atoms with Gasteiger partial charge in [0, 0.05) is 5.39 Å². The van der Waals surface area contributed by atoms with E-state index in [9.17, 15) is 31.0 Å². The van der Waals surface area contributed by atoms with Gasteiger partial charge in [-0.1, -0.05) is 18.2 Å². The molecule has 3 aromatic carbocycles. The summed E-state index contributed by atoms with van der Waals surface area (Å²) in [4.78, 5) is 22.7. The Morgan fingerprint density at radius 1 is 0.788 bits per heavy atom. The quantitative estimate of drug-likeness (QED) is 0.179. The third kappa shape index (κ3) is 5.91. The molecule has 0 heterocycles. The van der Waals surface area contributed by atoms with Gasteiger partial charge >= 0.3 is 51.6 Å². The van der Waals surface area contributed by atoms with Gasteiger partial charge in [-0.2, -0.15) is 8.42 Å². The average Bonchev–Trinajstić information content (AvgIpc) is 2.76. The molecule has 0 aromatic heterocycles. The van der Waals surface area contributed by atoms with Gasteiger partial charge in [0.05, 0.1) is 30.2 Å². The first-order valence-electron chi connectivity index (χ1n) is 8.71. The van der Waals surface area contributed by atoms with Crippen LogP contribution in [0.25, 0.3) is 10.8 Å². The van der Waals surface area contributed by atoms with E-state index < -0.39 is 42.0 Å². The maximum absolute atomic E-state index is 12.9. The van der Waals surface area contributed by atoms with E-state index >= 15 is 0 Å². The fraction of sp³-hybridized carbons (Fsp3) is 0.100. The van der Waals surface area contributed by atoms with E-state index in [1.807, 2.05) is 0 Å². The number of carbonyl (C=O) groups is 2. The number of hydrogen-bond donors (Lipinski definition) is 0. The third-order valence-electron chi connectivity index (χ3n) is 4.34. The third-order valence-corrected chi connectivity index (χ3v) is 6.38. The Morgan fingerprint density at radius 2 is 1.36 bits per heavy atom. The SMILES string of the molecule is COC(=O)c1cc(C(=O)OC)cc(S(=O)(=O)Oc2cccc3ccc(S(=O)(=O)[O-])cc23)c1.[Na+]. The molecule has 168 valence electrons. The van der Waals surface area contributed by atoms with Crippen LogP contribution in [0.3, 0.4) is 0 Å². The molecule has 0 spiro atoms. The van der Waals surface area contributed by atoms with Gasteiger partial charge in [0.2, 0.25) is 0 Å². The second-order valence-corrected chi connectivity index (χ2v) is 9.29. The van der Waals surface area contributed by atoms with Crippen molar-refractivity contribution in [2.75, 3.05) is 14.2 Å². The normalized spacial score (nSPS) is 11.4. The zero-order chi connectivity index (χ0) is 23.7. The standard InChI is InChI=1S/C20H16O10S2.Na/c1-28-19(21)13-8-14(20(22)29-2)10-16(9-13)32(26,27)30-18-5-3-4-12-6-7-15(11-17(12)18)31(23,24)25;/h3-11H,1-2H3,(H,23,24,25);/q;+1/p-1. The van der Waals surface area contributed by atoms with Gasteiger partial charge in [0.25, 0.3) is 0 Å². The van der Waals surface area contributed by atoms with Gasteiger partial charge in [-0.25, -0.2) is 18.0 Å². The molecule has 0 atom stereocenters. The average molecular weight is 502 g/mol. The fourth-order valence-electron chi connectivity index (χ4n) is 2.83. The molecule has 0 amide bonds. The Bertz CT molecular complexity index is 1410. The number of benzene rings is 3. The van der Waals surface area contributed by atoms with Crippen molar-refractivity contribution in [1.82, 2.24) is 0 Å². The predicted octanol–water partition coefficient (Wildman–Crippen LogP) is -0.911. The van der Waals surface area contributed by atoms with Crippen molar-refractivity contribution >= 4 is 42.9 Å². The number of fused-ring (bicyclic) bond motifs is 1. The van der Waals surface area contributed by atoms with Crippen LogP contribution in [0.4, 0.5) is 0 Å². The molecule has 0 fully saturated rings. The minimum absolute atomic E-state index is 0. The second kappa shape index (κ2) is 10.2. The molecule has 0 unspecified atom stereocenters. The minimum atomic E-state index is -4.80. The van der Waals surface area contributed by atoms with Gasteiger partial charge in [-0.15, -0.1) is 0 Å². The first kappa shape index (κ1) is 26.8. The Hall–Kier alpha value is -2.48. The minimum Gasteiger partial charge on any atom is -0.744 e. The largest absolute Gasteiger partial charge is 1.00 e. The molecule has 13 heteroatoms. The summed E-state index contributed by atoms with van der Waals surface area (Å²) in [7, 11) is -7.27. The second-order valence-electron chi connectivity index (χ2n) is 6.36. The van der Waals surface area contributed by atoms with E-state index in [4.69, 9.17) is 4.18 Å². The molecule has 3 aromatic rings. The Kier molecular flexibility index (Phi) is 8.27. The van der Waals surface area contributed by atoms with E-state index in [1.54, 1.807) is 6.07 Å². The van der Waals surface area contributed by atoms with E-state index in [2.05, 4.69) is 9.47 Å². The maximum Gasteiger partial charge on any atom is 1.00 e. The molecule has 0 radical (unpaired) electrons. The number of rotatable bonds is 6. The van der Waals surface area contributed by atoms with Crippen LogP contribution in [0.5, 0.6) is 5.75 Å². The van der Waals surface area contributed by atoms with Crippen molar-refractivity contribution in [2.45, 2.75) is 9.79 Å². The number of methoxy groups -OCH3 is 2. The van der Waals surface area contributed by atoms with Gasteiger partial charge in [-0.05, 0) is 41.8 Å². The summed E-state index contributed by atoms with van der Waals surface area (Å²) in [6, 6.07) is 10.7. The van der Waals surface area contributed by atoms with Crippen LogP contribution in [0.1, 0.15) is 20.7 Å². The Morgan fingerprint density at radius 3 is 1.88 bits per heavy atom.